The Morgan fingerprint density at radius 1 is 1.12 bits per heavy atom. The standard InChI is InChI=1S/C16H25N3O4S/c1-4-5-11-19(3)12-10-16(21)17-14-6-8-15(9-7-14)24(22,23)18-13(2)20/h6-9H,4-5,10-12H2,1-3H3,(H,17,21)(H,18,20). The molecule has 0 spiro atoms. The molecule has 2 N–H and O–H groups in total. The molecule has 0 atom stereocenters. The van der Waals surface area contributed by atoms with Crippen LogP contribution in [0.2, 0.25) is 0 Å². The van der Waals surface area contributed by atoms with Crippen molar-refractivity contribution in [2.75, 3.05) is 25.5 Å². The molecule has 0 saturated heterocycles. The number of nitrogens with one attached hydrogen (secondary N) is 2. The van der Waals surface area contributed by atoms with Gasteiger partial charge in [0.05, 0.1) is 4.90 Å². The monoisotopic (exact) mass is 355 g/mol. The molecule has 7 nitrogen and oxygen atoms in total. The van der Waals surface area contributed by atoms with Crippen LogP contribution in [0.3, 0.4) is 0 Å². The SMILES string of the molecule is CCCCN(C)CCC(=O)Nc1ccc(S(=O)(=O)NC(C)=O)cc1. The highest BCUT2D eigenvalue weighted by Crippen LogP contribution is 2.14. The predicted molar refractivity (Wildman–Crippen MR) is 93.1 cm³/mol. The smallest absolute Gasteiger partial charge is 0.264 e. The Hall–Kier alpha value is -1.93. The van der Waals surface area contributed by atoms with Gasteiger partial charge >= 0.3 is 0 Å². The molecule has 24 heavy (non-hydrogen) atoms. The first-order chi connectivity index (χ1) is 11.2. The summed E-state index contributed by atoms with van der Waals surface area (Å²) in [6.07, 6.45) is 2.58. The minimum atomic E-state index is -3.85. The van der Waals surface area contributed by atoms with Gasteiger partial charge in [0.1, 0.15) is 0 Å². The van der Waals surface area contributed by atoms with E-state index in [1.807, 2.05) is 11.8 Å². The van der Waals surface area contributed by atoms with Crippen LogP contribution in [0.1, 0.15) is 33.1 Å². The van der Waals surface area contributed by atoms with Gasteiger partial charge in [-0.25, -0.2) is 13.1 Å². The van der Waals surface area contributed by atoms with Gasteiger partial charge < -0.3 is 10.2 Å². The van der Waals surface area contributed by atoms with Crippen LogP contribution < -0.4 is 10.0 Å². The van der Waals surface area contributed by atoms with Crippen LogP contribution in [-0.2, 0) is 19.6 Å². The van der Waals surface area contributed by atoms with Gasteiger partial charge in [-0.3, -0.25) is 9.59 Å². The van der Waals surface area contributed by atoms with Crippen LogP contribution in [0, 0.1) is 0 Å². The van der Waals surface area contributed by atoms with E-state index in [-0.39, 0.29) is 10.8 Å². The maximum atomic E-state index is 11.9. The predicted octanol–water partition coefficient (Wildman–Crippen LogP) is 1.57. The molecule has 0 aliphatic rings. The summed E-state index contributed by atoms with van der Waals surface area (Å²) in [5, 5.41) is 2.73. The molecule has 0 bridgehead atoms. The van der Waals surface area contributed by atoms with E-state index >= 15 is 0 Å². The summed E-state index contributed by atoms with van der Waals surface area (Å²) >= 11 is 0. The Kier molecular flexibility index (Phi) is 7.87. The van der Waals surface area contributed by atoms with E-state index in [9.17, 15) is 18.0 Å². The second-order valence-electron chi connectivity index (χ2n) is 5.64. The Morgan fingerprint density at radius 3 is 2.29 bits per heavy atom. The number of rotatable bonds is 9. The summed E-state index contributed by atoms with van der Waals surface area (Å²) in [7, 11) is -1.88. The van der Waals surface area contributed by atoms with E-state index in [1.165, 1.54) is 24.3 Å². The van der Waals surface area contributed by atoms with Crippen LogP contribution in [0.25, 0.3) is 0 Å². The van der Waals surface area contributed by atoms with Crippen LogP contribution >= 0.6 is 0 Å². The van der Waals surface area contributed by atoms with Gasteiger partial charge in [0.25, 0.3) is 10.0 Å². The summed E-state index contributed by atoms with van der Waals surface area (Å²) in [6, 6.07) is 5.67. The van der Waals surface area contributed by atoms with Crippen molar-refractivity contribution in [3.8, 4) is 0 Å². The normalized spacial score (nSPS) is 11.3. The average Bonchev–Trinajstić information content (AvgIpc) is 2.50. The van der Waals surface area contributed by atoms with Crippen LogP contribution in [0.4, 0.5) is 5.69 Å². The molecule has 134 valence electrons. The van der Waals surface area contributed by atoms with Gasteiger partial charge in [0, 0.05) is 25.6 Å². The minimum Gasteiger partial charge on any atom is -0.326 e. The summed E-state index contributed by atoms with van der Waals surface area (Å²) in [5.41, 5.74) is 0.512. The number of sulfonamides is 1. The highest BCUT2D eigenvalue weighted by Gasteiger charge is 2.15. The van der Waals surface area contributed by atoms with Crippen molar-refractivity contribution in [2.45, 2.75) is 38.0 Å². The first kappa shape index (κ1) is 20.1. The first-order valence-electron chi connectivity index (χ1n) is 7.86. The molecule has 2 amide bonds. The molecule has 0 heterocycles. The lowest BCUT2D eigenvalue weighted by atomic mass is 10.3. The van der Waals surface area contributed by atoms with Crippen molar-refractivity contribution < 1.29 is 18.0 Å². The highest BCUT2D eigenvalue weighted by molar-refractivity contribution is 7.90. The molecule has 8 heteroatoms. The minimum absolute atomic E-state index is 0.0324. The van der Waals surface area contributed by atoms with Gasteiger partial charge in [-0.05, 0) is 44.3 Å². The molecule has 0 unspecified atom stereocenters. The molecular weight excluding hydrogens is 330 g/mol. The van der Waals surface area contributed by atoms with Gasteiger partial charge in [0.2, 0.25) is 11.8 Å². The lowest BCUT2D eigenvalue weighted by Crippen LogP contribution is -2.28. The molecule has 0 radical (unpaired) electrons. The van der Waals surface area contributed by atoms with E-state index in [0.29, 0.717) is 18.7 Å². The molecule has 1 aromatic rings. The third-order valence-electron chi connectivity index (χ3n) is 3.34. The number of hydrogen-bond donors (Lipinski definition) is 2. The van der Waals surface area contributed by atoms with E-state index in [2.05, 4.69) is 17.1 Å². The third kappa shape index (κ3) is 7.10. The molecule has 0 aliphatic heterocycles. The lowest BCUT2D eigenvalue weighted by molar-refractivity contribution is -0.117. The van der Waals surface area contributed by atoms with Crippen LogP contribution in [-0.4, -0.2) is 45.3 Å². The number of carbonyl (C=O) groups is 2. The Bertz CT molecular complexity index is 656. The maximum absolute atomic E-state index is 11.9. The van der Waals surface area contributed by atoms with E-state index in [0.717, 1.165) is 26.3 Å². The van der Waals surface area contributed by atoms with Gasteiger partial charge in [-0.1, -0.05) is 13.3 Å². The number of anilines is 1. The van der Waals surface area contributed by atoms with Crippen molar-refractivity contribution in [3.05, 3.63) is 24.3 Å². The number of unbranched alkanes of at least 4 members (excludes halogenated alkanes) is 1. The Balaban J connectivity index is 2.55. The topological polar surface area (TPSA) is 95.6 Å². The quantitative estimate of drug-likeness (QED) is 0.701. The summed E-state index contributed by atoms with van der Waals surface area (Å²) in [6.45, 7) is 4.88. The number of hydrogen-bond acceptors (Lipinski definition) is 5. The van der Waals surface area contributed by atoms with Crippen molar-refractivity contribution in [1.82, 2.24) is 9.62 Å². The van der Waals surface area contributed by atoms with Crippen molar-refractivity contribution in [1.29, 1.82) is 0 Å². The fraction of sp³-hybridized carbons (Fsp3) is 0.500. The average molecular weight is 355 g/mol. The second kappa shape index (κ2) is 9.39. The van der Waals surface area contributed by atoms with Crippen LogP contribution in [0.15, 0.2) is 29.2 Å². The Morgan fingerprint density at radius 2 is 1.75 bits per heavy atom. The van der Waals surface area contributed by atoms with E-state index in [1.54, 1.807) is 0 Å². The van der Waals surface area contributed by atoms with Gasteiger partial charge in [-0.15, -0.1) is 0 Å². The van der Waals surface area contributed by atoms with Crippen molar-refractivity contribution in [2.24, 2.45) is 0 Å². The molecule has 0 saturated carbocycles. The summed E-state index contributed by atoms with van der Waals surface area (Å²) < 4.78 is 25.5. The summed E-state index contributed by atoms with van der Waals surface area (Å²) in [4.78, 5) is 24.9. The van der Waals surface area contributed by atoms with Crippen molar-refractivity contribution >= 4 is 27.5 Å². The highest BCUT2D eigenvalue weighted by atomic mass is 32.2. The number of benzene rings is 1. The fourth-order valence-electron chi connectivity index (χ4n) is 2.02. The maximum Gasteiger partial charge on any atom is 0.264 e. The molecule has 0 aromatic heterocycles. The molecular formula is C16H25N3O4S. The fourth-order valence-corrected chi connectivity index (χ4v) is 3.01. The zero-order valence-corrected chi connectivity index (χ0v) is 15.1. The van der Waals surface area contributed by atoms with Crippen molar-refractivity contribution in [3.63, 3.8) is 0 Å². The molecule has 0 fully saturated rings. The molecule has 1 rings (SSSR count). The van der Waals surface area contributed by atoms with Gasteiger partial charge in [-0.2, -0.15) is 0 Å². The Labute approximate surface area is 143 Å². The van der Waals surface area contributed by atoms with Crippen LogP contribution in [0.5, 0.6) is 0 Å². The molecule has 1 aromatic carbocycles. The number of amides is 2. The van der Waals surface area contributed by atoms with Gasteiger partial charge in [0.15, 0.2) is 0 Å². The first-order valence-corrected chi connectivity index (χ1v) is 9.34. The zero-order valence-electron chi connectivity index (χ0n) is 14.3. The second-order valence-corrected chi connectivity index (χ2v) is 7.32. The van der Waals surface area contributed by atoms with E-state index < -0.39 is 15.9 Å². The number of carbonyl (C=O) groups excluding carboxylic acids is 2. The number of nitrogens with zero attached hydrogens (tertiary/aromatic N) is 1. The zero-order chi connectivity index (χ0) is 18.2. The molecule has 0 aliphatic carbocycles. The lowest BCUT2D eigenvalue weighted by Gasteiger charge is -2.15. The largest absolute Gasteiger partial charge is 0.326 e. The van der Waals surface area contributed by atoms with E-state index in [4.69, 9.17) is 0 Å². The third-order valence-corrected chi connectivity index (χ3v) is 4.79. The summed E-state index contributed by atoms with van der Waals surface area (Å²) in [5.74, 6) is -0.782.